The fourth-order valence-corrected chi connectivity index (χ4v) is 1.82. The molecule has 0 bridgehead atoms. The number of nitrogens with one attached hydrogen (secondary N) is 1. The standard InChI is InChI=1S/C16H22N2O3/c1-5-6-12(2)15(19)17-14-9-7-13(8-10-14)11-18(3)16(20)21-4/h6-10H,5,11H2,1-4H3,(H,17,19). The molecule has 0 fully saturated rings. The van der Waals surface area contributed by atoms with Crippen LogP contribution in [0.5, 0.6) is 0 Å². The van der Waals surface area contributed by atoms with Gasteiger partial charge in [-0.15, -0.1) is 0 Å². The molecular weight excluding hydrogens is 268 g/mol. The Kier molecular flexibility index (Phi) is 6.46. The zero-order chi connectivity index (χ0) is 15.8. The highest BCUT2D eigenvalue weighted by molar-refractivity contribution is 6.03. The van der Waals surface area contributed by atoms with Gasteiger partial charge in [0.1, 0.15) is 0 Å². The highest BCUT2D eigenvalue weighted by atomic mass is 16.5. The van der Waals surface area contributed by atoms with E-state index in [1.54, 1.807) is 14.0 Å². The Balaban J connectivity index is 2.64. The van der Waals surface area contributed by atoms with Crippen molar-refractivity contribution in [3.05, 3.63) is 41.5 Å². The maximum absolute atomic E-state index is 11.8. The fraction of sp³-hybridized carbons (Fsp3) is 0.375. The molecule has 0 spiro atoms. The van der Waals surface area contributed by atoms with Crippen molar-refractivity contribution < 1.29 is 14.3 Å². The Labute approximate surface area is 125 Å². The average Bonchev–Trinajstić information content (AvgIpc) is 2.48. The molecule has 0 heterocycles. The molecule has 2 amide bonds. The topological polar surface area (TPSA) is 58.6 Å². The third-order valence-electron chi connectivity index (χ3n) is 2.99. The summed E-state index contributed by atoms with van der Waals surface area (Å²) in [6.45, 7) is 4.23. The van der Waals surface area contributed by atoms with Crippen LogP contribution in [0.25, 0.3) is 0 Å². The number of nitrogens with zero attached hydrogens (tertiary/aromatic N) is 1. The Morgan fingerprint density at radius 2 is 1.90 bits per heavy atom. The monoisotopic (exact) mass is 290 g/mol. The summed E-state index contributed by atoms with van der Waals surface area (Å²) in [5, 5.41) is 2.83. The molecule has 0 radical (unpaired) electrons. The average molecular weight is 290 g/mol. The van der Waals surface area contributed by atoms with Crippen molar-refractivity contribution in [2.75, 3.05) is 19.5 Å². The van der Waals surface area contributed by atoms with Crippen LogP contribution in [0.2, 0.25) is 0 Å². The van der Waals surface area contributed by atoms with Crippen LogP contribution in [0.3, 0.4) is 0 Å². The van der Waals surface area contributed by atoms with E-state index in [0.717, 1.165) is 17.7 Å². The van der Waals surface area contributed by atoms with Crippen molar-refractivity contribution in [3.63, 3.8) is 0 Å². The van der Waals surface area contributed by atoms with Gasteiger partial charge in [0.15, 0.2) is 0 Å². The fourth-order valence-electron chi connectivity index (χ4n) is 1.82. The number of benzene rings is 1. The Bertz CT molecular complexity index is 521. The first-order valence-corrected chi connectivity index (χ1v) is 6.84. The number of amides is 2. The number of methoxy groups -OCH3 is 1. The van der Waals surface area contributed by atoms with Crippen LogP contribution in [-0.2, 0) is 16.1 Å². The lowest BCUT2D eigenvalue weighted by Crippen LogP contribution is -2.25. The minimum Gasteiger partial charge on any atom is -0.453 e. The third-order valence-corrected chi connectivity index (χ3v) is 2.99. The third kappa shape index (κ3) is 5.30. The summed E-state index contributed by atoms with van der Waals surface area (Å²) in [4.78, 5) is 24.6. The van der Waals surface area contributed by atoms with Crippen molar-refractivity contribution in [3.8, 4) is 0 Å². The number of ether oxygens (including phenoxy) is 1. The molecule has 0 aliphatic heterocycles. The van der Waals surface area contributed by atoms with E-state index in [2.05, 4.69) is 10.1 Å². The zero-order valence-electron chi connectivity index (χ0n) is 13.0. The first-order valence-electron chi connectivity index (χ1n) is 6.84. The molecular formula is C16H22N2O3. The van der Waals surface area contributed by atoms with Gasteiger partial charge in [0.25, 0.3) is 5.91 Å². The van der Waals surface area contributed by atoms with E-state index in [1.807, 2.05) is 37.3 Å². The van der Waals surface area contributed by atoms with Gasteiger partial charge in [-0.1, -0.05) is 25.1 Å². The maximum Gasteiger partial charge on any atom is 0.409 e. The van der Waals surface area contributed by atoms with E-state index in [0.29, 0.717) is 12.1 Å². The predicted octanol–water partition coefficient (Wildman–Crippen LogP) is 3.18. The molecule has 0 aliphatic carbocycles. The number of anilines is 1. The van der Waals surface area contributed by atoms with Crippen LogP contribution < -0.4 is 5.32 Å². The number of allylic oxidation sites excluding steroid dienone is 1. The van der Waals surface area contributed by atoms with E-state index in [4.69, 9.17) is 0 Å². The smallest absolute Gasteiger partial charge is 0.409 e. The molecule has 1 aromatic rings. The Morgan fingerprint density at radius 3 is 2.43 bits per heavy atom. The van der Waals surface area contributed by atoms with Gasteiger partial charge in [-0.2, -0.15) is 0 Å². The quantitative estimate of drug-likeness (QED) is 0.847. The molecule has 5 heteroatoms. The van der Waals surface area contributed by atoms with Gasteiger partial charge in [-0.05, 0) is 31.0 Å². The van der Waals surface area contributed by atoms with Gasteiger partial charge in [0.2, 0.25) is 0 Å². The number of rotatable bonds is 5. The number of hydrogen-bond donors (Lipinski definition) is 1. The summed E-state index contributed by atoms with van der Waals surface area (Å²) < 4.78 is 4.63. The van der Waals surface area contributed by atoms with E-state index >= 15 is 0 Å². The van der Waals surface area contributed by atoms with Gasteiger partial charge in [-0.25, -0.2) is 4.79 Å². The van der Waals surface area contributed by atoms with Gasteiger partial charge in [0, 0.05) is 24.9 Å². The molecule has 114 valence electrons. The molecule has 0 saturated carbocycles. The Hall–Kier alpha value is -2.30. The highest BCUT2D eigenvalue weighted by Gasteiger charge is 2.09. The molecule has 0 saturated heterocycles. The summed E-state index contributed by atoms with van der Waals surface area (Å²) in [5.41, 5.74) is 2.39. The van der Waals surface area contributed by atoms with Crippen LogP contribution in [0.15, 0.2) is 35.9 Å². The molecule has 1 aromatic carbocycles. The molecule has 21 heavy (non-hydrogen) atoms. The summed E-state index contributed by atoms with van der Waals surface area (Å²) >= 11 is 0. The van der Waals surface area contributed by atoms with Gasteiger partial charge < -0.3 is 15.0 Å². The van der Waals surface area contributed by atoms with Crippen LogP contribution in [0.1, 0.15) is 25.8 Å². The number of carbonyl (C=O) groups is 2. The molecule has 0 aliphatic rings. The zero-order valence-corrected chi connectivity index (χ0v) is 13.0. The lowest BCUT2D eigenvalue weighted by Gasteiger charge is -2.15. The first kappa shape index (κ1) is 16.8. The van der Waals surface area contributed by atoms with E-state index in [-0.39, 0.29) is 12.0 Å². The molecule has 0 aromatic heterocycles. The minimum absolute atomic E-state index is 0.101. The van der Waals surface area contributed by atoms with Crippen molar-refractivity contribution in [2.45, 2.75) is 26.8 Å². The second-order valence-corrected chi connectivity index (χ2v) is 4.77. The van der Waals surface area contributed by atoms with Gasteiger partial charge in [-0.3, -0.25) is 4.79 Å². The lowest BCUT2D eigenvalue weighted by atomic mass is 10.2. The SMILES string of the molecule is CCC=C(C)C(=O)Nc1ccc(CN(C)C(=O)OC)cc1. The van der Waals surface area contributed by atoms with Crippen LogP contribution in [0, 0.1) is 0 Å². The van der Waals surface area contributed by atoms with Crippen LogP contribution in [0.4, 0.5) is 10.5 Å². The van der Waals surface area contributed by atoms with Crippen molar-refractivity contribution in [1.82, 2.24) is 4.90 Å². The lowest BCUT2D eigenvalue weighted by molar-refractivity contribution is -0.112. The van der Waals surface area contributed by atoms with Gasteiger partial charge in [0.05, 0.1) is 7.11 Å². The first-order chi connectivity index (χ1) is 9.97. The molecule has 5 nitrogen and oxygen atoms in total. The molecule has 1 N–H and O–H groups in total. The van der Waals surface area contributed by atoms with Gasteiger partial charge >= 0.3 is 6.09 Å². The highest BCUT2D eigenvalue weighted by Crippen LogP contribution is 2.12. The van der Waals surface area contributed by atoms with Crippen molar-refractivity contribution >= 4 is 17.7 Å². The predicted molar refractivity (Wildman–Crippen MR) is 83.0 cm³/mol. The molecule has 0 unspecified atom stereocenters. The van der Waals surface area contributed by atoms with Crippen LogP contribution >= 0.6 is 0 Å². The van der Waals surface area contributed by atoms with E-state index < -0.39 is 0 Å². The van der Waals surface area contributed by atoms with E-state index in [9.17, 15) is 9.59 Å². The normalized spacial score (nSPS) is 11.0. The second kappa shape index (κ2) is 8.09. The number of carbonyl (C=O) groups excluding carboxylic acids is 2. The summed E-state index contributed by atoms with van der Waals surface area (Å²) in [6, 6.07) is 7.37. The van der Waals surface area contributed by atoms with E-state index in [1.165, 1.54) is 12.0 Å². The largest absolute Gasteiger partial charge is 0.453 e. The second-order valence-electron chi connectivity index (χ2n) is 4.77. The summed E-state index contributed by atoms with van der Waals surface area (Å²) in [7, 11) is 3.02. The maximum atomic E-state index is 11.8. The minimum atomic E-state index is -0.382. The summed E-state index contributed by atoms with van der Waals surface area (Å²) in [5.74, 6) is -0.101. The Morgan fingerprint density at radius 1 is 1.29 bits per heavy atom. The van der Waals surface area contributed by atoms with Crippen molar-refractivity contribution in [2.24, 2.45) is 0 Å². The van der Waals surface area contributed by atoms with Crippen molar-refractivity contribution in [1.29, 1.82) is 0 Å². The molecule has 0 atom stereocenters. The summed E-state index contributed by atoms with van der Waals surface area (Å²) in [6.07, 6.45) is 2.33. The number of hydrogen-bond acceptors (Lipinski definition) is 3. The van der Waals surface area contributed by atoms with Crippen LogP contribution in [-0.4, -0.2) is 31.1 Å². The molecule has 1 rings (SSSR count).